The highest BCUT2D eigenvalue weighted by Gasteiger charge is 2.31. The van der Waals surface area contributed by atoms with Crippen LogP contribution in [0.15, 0.2) is 4.47 Å². The number of nitrogens with zero attached hydrogens (tertiary/aromatic N) is 6. The first-order chi connectivity index (χ1) is 14.5. The zero-order chi connectivity index (χ0) is 21.3. The van der Waals surface area contributed by atoms with E-state index >= 15 is 0 Å². The number of hydrogen-bond acceptors (Lipinski definition) is 5. The first-order valence-corrected chi connectivity index (χ1v) is 12.0. The largest absolute Gasteiger partial charge is 0.339 e. The van der Waals surface area contributed by atoms with Crippen LogP contribution in [0.25, 0.3) is 0 Å². The first kappa shape index (κ1) is 21.8. The van der Waals surface area contributed by atoms with Gasteiger partial charge < -0.3 is 9.80 Å². The average Bonchev–Trinajstić information content (AvgIpc) is 3.01. The van der Waals surface area contributed by atoms with Gasteiger partial charge in [-0.15, -0.1) is 0 Å². The van der Waals surface area contributed by atoms with E-state index in [-0.39, 0.29) is 11.8 Å². The molecule has 0 spiro atoms. The van der Waals surface area contributed by atoms with Crippen LogP contribution in [0.3, 0.4) is 0 Å². The Labute approximate surface area is 187 Å². The maximum atomic E-state index is 13.0. The number of hydrogen-bond donors (Lipinski definition) is 0. The number of rotatable bonds is 5. The minimum absolute atomic E-state index is 0.0161. The van der Waals surface area contributed by atoms with E-state index in [1.54, 1.807) is 4.68 Å². The van der Waals surface area contributed by atoms with Gasteiger partial charge in [0.15, 0.2) is 0 Å². The van der Waals surface area contributed by atoms with Crippen LogP contribution in [0.4, 0.5) is 0 Å². The van der Waals surface area contributed by atoms with Crippen molar-refractivity contribution in [1.29, 1.82) is 0 Å². The molecule has 2 saturated heterocycles. The van der Waals surface area contributed by atoms with Gasteiger partial charge in [-0.3, -0.25) is 24.1 Å². The molecule has 0 atom stereocenters. The third-order valence-corrected chi connectivity index (χ3v) is 7.78. The second-order valence-electron chi connectivity index (χ2n) is 8.63. The maximum absolute atomic E-state index is 13.0. The summed E-state index contributed by atoms with van der Waals surface area (Å²) in [5.74, 6) is 0.243. The number of piperazine rings is 2. The van der Waals surface area contributed by atoms with Crippen LogP contribution in [0.2, 0.25) is 0 Å². The zero-order valence-electron chi connectivity index (χ0n) is 18.1. The molecule has 0 radical (unpaired) electrons. The summed E-state index contributed by atoms with van der Waals surface area (Å²) in [6.07, 6.45) is 4.01. The molecule has 1 aromatic heterocycles. The molecule has 166 valence electrons. The van der Waals surface area contributed by atoms with E-state index < -0.39 is 0 Å². The SMILES string of the molecule is CCn1nc(C)c(Br)c1C(=O)N1CCN(CC(=O)N2CCN(C3CCC3)CC2)CC1. The molecule has 1 aliphatic carbocycles. The lowest BCUT2D eigenvalue weighted by Crippen LogP contribution is -2.56. The van der Waals surface area contributed by atoms with Gasteiger partial charge in [0.25, 0.3) is 5.91 Å². The van der Waals surface area contributed by atoms with Gasteiger partial charge in [0, 0.05) is 64.9 Å². The summed E-state index contributed by atoms with van der Waals surface area (Å²) in [5, 5.41) is 4.43. The highest BCUT2D eigenvalue weighted by molar-refractivity contribution is 9.10. The summed E-state index contributed by atoms with van der Waals surface area (Å²) >= 11 is 3.52. The third kappa shape index (κ3) is 4.43. The summed E-state index contributed by atoms with van der Waals surface area (Å²) in [6.45, 7) is 11.5. The fraction of sp³-hybridized carbons (Fsp3) is 0.762. The smallest absolute Gasteiger partial charge is 0.273 e. The van der Waals surface area contributed by atoms with Crippen molar-refractivity contribution in [1.82, 2.24) is 29.4 Å². The summed E-state index contributed by atoms with van der Waals surface area (Å²) in [5.41, 5.74) is 1.46. The van der Waals surface area contributed by atoms with Crippen molar-refractivity contribution in [2.24, 2.45) is 0 Å². The Morgan fingerprint density at radius 3 is 2.20 bits per heavy atom. The Hall–Kier alpha value is -1.45. The maximum Gasteiger partial charge on any atom is 0.273 e. The molecule has 30 heavy (non-hydrogen) atoms. The highest BCUT2D eigenvalue weighted by Crippen LogP contribution is 2.26. The number of carbonyl (C=O) groups excluding carboxylic acids is 2. The number of aryl methyl sites for hydroxylation is 2. The Kier molecular flexibility index (Phi) is 6.79. The van der Waals surface area contributed by atoms with Gasteiger partial charge in [-0.1, -0.05) is 6.42 Å². The Morgan fingerprint density at radius 1 is 1.00 bits per heavy atom. The molecule has 3 aliphatic rings. The molecule has 3 heterocycles. The molecule has 0 aromatic carbocycles. The molecule has 9 heteroatoms. The molecule has 4 rings (SSSR count). The van der Waals surface area contributed by atoms with Crippen molar-refractivity contribution in [3.8, 4) is 0 Å². The Balaban J connectivity index is 1.25. The molecular formula is C21H33BrN6O2. The van der Waals surface area contributed by atoms with E-state index in [1.165, 1.54) is 19.3 Å². The summed E-state index contributed by atoms with van der Waals surface area (Å²) in [6, 6.07) is 0.765. The van der Waals surface area contributed by atoms with Crippen molar-refractivity contribution < 1.29 is 9.59 Å². The van der Waals surface area contributed by atoms with E-state index in [4.69, 9.17) is 0 Å². The molecule has 2 amide bonds. The molecule has 8 nitrogen and oxygen atoms in total. The van der Waals surface area contributed by atoms with Crippen LogP contribution >= 0.6 is 15.9 Å². The predicted octanol–water partition coefficient (Wildman–Crippen LogP) is 1.43. The van der Waals surface area contributed by atoms with E-state index in [0.29, 0.717) is 31.9 Å². The van der Waals surface area contributed by atoms with Gasteiger partial charge in [0.05, 0.1) is 16.7 Å². The van der Waals surface area contributed by atoms with E-state index in [0.717, 1.165) is 55.5 Å². The van der Waals surface area contributed by atoms with E-state index in [2.05, 4.69) is 30.8 Å². The molecule has 1 aromatic rings. The van der Waals surface area contributed by atoms with Gasteiger partial charge in [-0.25, -0.2) is 0 Å². The van der Waals surface area contributed by atoms with Crippen molar-refractivity contribution in [2.45, 2.75) is 45.7 Å². The van der Waals surface area contributed by atoms with Crippen LogP contribution in [-0.2, 0) is 11.3 Å². The average molecular weight is 481 g/mol. The number of carbonyl (C=O) groups is 2. The van der Waals surface area contributed by atoms with Gasteiger partial charge in [-0.05, 0) is 42.6 Å². The number of amides is 2. The van der Waals surface area contributed by atoms with Crippen molar-refractivity contribution in [3.63, 3.8) is 0 Å². The van der Waals surface area contributed by atoms with Crippen LogP contribution < -0.4 is 0 Å². The van der Waals surface area contributed by atoms with Gasteiger partial charge >= 0.3 is 0 Å². The van der Waals surface area contributed by atoms with E-state index in [9.17, 15) is 9.59 Å². The molecule has 0 bridgehead atoms. The number of halogens is 1. The second-order valence-corrected chi connectivity index (χ2v) is 9.43. The van der Waals surface area contributed by atoms with Crippen LogP contribution in [0, 0.1) is 6.92 Å². The summed E-state index contributed by atoms with van der Waals surface area (Å²) < 4.78 is 2.55. The molecule has 1 saturated carbocycles. The fourth-order valence-corrected chi connectivity index (χ4v) is 5.08. The van der Waals surface area contributed by atoms with E-state index in [1.807, 2.05) is 23.6 Å². The molecule has 0 unspecified atom stereocenters. The van der Waals surface area contributed by atoms with Gasteiger partial charge in [0.2, 0.25) is 5.91 Å². The summed E-state index contributed by atoms with van der Waals surface area (Å²) in [7, 11) is 0. The molecular weight excluding hydrogens is 448 g/mol. The van der Waals surface area contributed by atoms with Gasteiger partial charge in [-0.2, -0.15) is 5.10 Å². The summed E-state index contributed by atoms with van der Waals surface area (Å²) in [4.78, 5) is 34.4. The Morgan fingerprint density at radius 2 is 1.63 bits per heavy atom. The first-order valence-electron chi connectivity index (χ1n) is 11.2. The second kappa shape index (κ2) is 9.36. The third-order valence-electron chi connectivity index (χ3n) is 6.83. The van der Waals surface area contributed by atoms with Crippen LogP contribution in [0.1, 0.15) is 42.4 Å². The lowest BCUT2D eigenvalue weighted by atomic mass is 9.91. The fourth-order valence-electron chi connectivity index (χ4n) is 4.63. The van der Waals surface area contributed by atoms with Crippen molar-refractivity contribution in [2.75, 3.05) is 58.9 Å². The molecule has 0 N–H and O–H groups in total. The highest BCUT2D eigenvalue weighted by atomic mass is 79.9. The minimum Gasteiger partial charge on any atom is -0.339 e. The van der Waals surface area contributed by atoms with Gasteiger partial charge in [0.1, 0.15) is 5.69 Å². The minimum atomic E-state index is 0.0161. The predicted molar refractivity (Wildman–Crippen MR) is 118 cm³/mol. The molecule has 2 aliphatic heterocycles. The normalized spacial score (nSPS) is 21.7. The zero-order valence-corrected chi connectivity index (χ0v) is 19.7. The van der Waals surface area contributed by atoms with Crippen molar-refractivity contribution in [3.05, 3.63) is 15.9 Å². The van der Waals surface area contributed by atoms with Crippen LogP contribution in [0.5, 0.6) is 0 Å². The lowest BCUT2D eigenvalue weighted by Gasteiger charge is -2.43. The Bertz CT molecular complexity index is 777. The topological polar surface area (TPSA) is 64.9 Å². The standard InChI is InChI=1S/C21H33BrN6O2/c1-3-28-20(19(22)16(2)23-28)21(30)27-9-7-24(8-10-27)15-18(29)26-13-11-25(12-14-26)17-5-4-6-17/h17H,3-15H2,1-2H3. The monoisotopic (exact) mass is 480 g/mol. The van der Waals surface area contributed by atoms with Crippen molar-refractivity contribution >= 4 is 27.7 Å². The number of aromatic nitrogens is 2. The van der Waals surface area contributed by atoms with Crippen LogP contribution in [-0.4, -0.2) is 106 Å². The lowest BCUT2D eigenvalue weighted by molar-refractivity contribution is -0.135. The quantitative estimate of drug-likeness (QED) is 0.637. The molecule has 3 fully saturated rings.